The molecule has 120 valence electrons. The summed E-state index contributed by atoms with van der Waals surface area (Å²) in [5.41, 5.74) is -0.314. The van der Waals surface area contributed by atoms with Gasteiger partial charge in [-0.1, -0.05) is 12.1 Å². The normalized spacial score (nSPS) is 15.7. The van der Waals surface area contributed by atoms with Crippen LogP contribution in [-0.4, -0.2) is 32.3 Å². The van der Waals surface area contributed by atoms with Gasteiger partial charge < -0.3 is 10.4 Å². The Balaban J connectivity index is 1.76. The molecule has 7 heteroatoms. The summed E-state index contributed by atoms with van der Waals surface area (Å²) in [6.07, 6.45) is 3.56. The van der Waals surface area contributed by atoms with E-state index in [1.807, 2.05) is 0 Å². The molecule has 1 fully saturated rings. The minimum absolute atomic E-state index is 0.104. The first-order valence-corrected chi connectivity index (χ1v) is 7.34. The monoisotopic (exact) mass is 317 g/mol. The number of carboxylic acids is 1. The Bertz CT molecular complexity index is 753. The zero-order valence-electron chi connectivity index (χ0n) is 12.3. The zero-order valence-corrected chi connectivity index (χ0v) is 12.3. The first-order chi connectivity index (χ1) is 11.0. The third-order valence-electron chi connectivity index (χ3n) is 4.10. The summed E-state index contributed by atoms with van der Waals surface area (Å²) >= 11 is 0. The molecule has 1 aromatic carbocycles. The molecule has 0 saturated heterocycles. The molecule has 1 amide bonds. The number of halogens is 1. The molecule has 1 heterocycles. The van der Waals surface area contributed by atoms with Crippen LogP contribution in [0.1, 0.15) is 36.2 Å². The van der Waals surface area contributed by atoms with Crippen molar-refractivity contribution in [2.24, 2.45) is 0 Å². The second kappa shape index (κ2) is 5.83. The maximum Gasteiger partial charge on any atom is 0.305 e. The lowest BCUT2D eigenvalue weighted by Crippen LogP contribution is -2.54. The number of para-hydroxylation sites is 1. The molecule has 0 spiro atoms. The number of carboxylic acid groups (broad SMARTS) is 1. The van der Waals surface area contributed by atoms with Crippen LogP contribution in [0.25, 0.3) is 5.69 Å². The SMILES string of the molecule is O=C(O)CC1(NC(=O)c2ccn(-c3ccccc3F)n2)CCC1. The van der Waals surface area contributed by atoms with Gasteiger partial charge in [0.2, 0.25) is 0 Å². The Morgan fingerprint density at radius 1 is 1.30 bits per heavy atom. The van der Waals surface area contributed by atoms with Crippen molar-refractivity contribution < 1.29 is 19.1 Å². The molecule has 6 nitrogen and oxygen atoms in total. The summed E-state index contributed by atoms with van der Waals surface area (Å²) < 4.78 is 15.0. The Morgan fingerprint density at radius 3 is 2.65 bits per heavy atom. The number of hydrogen-bond donors (Lipinski definition) is 2. The van der Waals surface area contributed by atoms with Crippen molar-refractivity contribution in [3.63, 3.8) is 0 Å². The number of carbonyl (C=O) groups is 2. The number of aromatic nitrogens is 2. The fraction of sp³-hybridized carbons (Fsp3) is 0.312. The van der Waals surface area contributed by atoms with Gasteiger partial charge in [-0.3, -0.25) is 9.59 Å². The maximum absolute atomic E-state index is 13.7. The van der Waals surface area contributed by atoms with Crippen molar-refractivity contribution >= 4 is 11.9 Å². The van der Waals surface area contributed by atoms with Crippen LogP contribution >= 0.6 is 0 Å². The highest BCUT2D eigenvalue weighted by Crippen LogP contribution is 2.35. The highest BCUT2D eigenvalue weighted by molar-refractivity contribution is 5.93. The molecule has 0 aliphatic heterocycles. The highest BCUT2D eigenvalue weighted by Gasteiger charge is 2.40. The summed E-state index contributed by atoms with van der Waals surface area (Å²) in [7, 11) is 0. The molecule has 1 aliphatic rings. The third-order valence-corrected chi connectivity index (χ3v) is 4.10. The van der Waals surface area contributed by atoms with E-state index >= 15 is 0 Å². The van der Waals surface area contributed by atoms with Gasteiger partial charge in [0.05, 0.1) is 12.0 Å². The van der Waals surface area contributed by atoms with Gasteiger partial charge in [0, 0.05) is 6.20 Å². The second-order valence-corrected chi connectivity index (χ2v) is 5.76. The average Bonchev–Trinajstić information content (AvgIpc) is 2.94. The van der Waals surface area contributed by atoms with Crippen molar-refractivity contribution in [3.8, 4) is 5.69 Å². The van der Waals surface area contributed by atoms with Crippen LogP contribution < -0.4 is 5.32 Å². The maximum atomic E-state index is 13.7. The van der Waals surface area contributed by atoms with Gasteiger partial charge in [-0.15, -0.1) is 0 Å². The van der Waals surface area contributed by atoms with E-state index in [0.29, 0.717) is 12.8 Å². The lowest BCUT2D eigenvalue weighted by molar-refractivity contribution is -0.139. The number of aliphatic carboxylic acids is 1. The zero-order chi connectivity index (χ0) is 16.4. The summed E-state index contributed by atoms with van der Waals surface area (Å²) in [6, 6.07) is 7.60. The summed E-state index contributed by atoms with van der Waals surface area (Å²) in [5.74, 6) is -1.83. The van der Waals surface area contributed by atoms with E-state index in [0.717, 1.165) is 6.42 Å². The molecular formula is C16H16FN3O3. The lowest BCUT2D eigenvalue weighted by Gasteiger charge is -2.41. The topological polar surface area (TPSA) is 84.2 Å². The molecule has 0 atom stereocenters. The van der Waals surface area contributed by atoms with Crippen molar-refractivity contribution in [3.05, 3.63) is 48.0 Å². The van der Waals surface area contributed by atoms with Gasteiger partial charge >= 0.3 is 5.97 Å². The molecule has 0 radical (unpaired) electrons. The Labute approximate surface area is 131 Å². The van der Waals surface area contributed by atoms with Crippen molar-refractivity contribution in [2.75, 3.05) is 0 Å². The quantitative estimate of drug-likeness (QED) is 0.885. The van der Waals surface area contributed by atoms with E-state index in [-0.39, 0.29) is 17.8 Å². The fourth-order valence-corrected chi connectivity index (χ4v) is 2.76. The van der Waals surface area contributed by atoms with Gasteiger partial charge in [-0.2, -0.15) is 5.10 Å². The molecule has 3 rings (SSSR count). The van der Waals surface area contributed by atoms with Crippen LogP contribution in [0.2, 0.25) is 0 Å². The van der Waals surface area contributed by atoms with Gasteiger partial charge in [0.25, 0.3) is 5.91 Å². The molecule has 23 heavy (non-hydrogen) atoms. The minimum Gasteiger partial charge on any atom is -0.481 e. The van der Waals surface area contributed by atoms with Gasteiger partial charge in [0.15, 0.2) is 5.69 Å². The van der Waals surface area contributed by atoms with E-state index in [4.69, 9.17) is 5.11 Å². The number of nitrogens with zero attached hydrogens (tertiary/aromatic N) is 2. The van der Waals surface area contributed by atoms with Crippen LogP contribution in [0, 0.1) is 5.82 Å². The van der Waals surface area contributed by atoms with Crippen LogP contribution in [-0.2, 0) is 4.79 Å². The smallest absolute Gasteiger partial charge is 0.305 e. The van der Waals surface area contributed by atoms with Crippen LogP contribution in [0.3, 0.4) is 0 Å². The van der Waals surface area contributed by atoms with Gasteiger partial charge in [-0.05, 0) is 37.5 Å². The van der Waals surface area contributed by atoms with Gasteiger partial charge in [0.1, 0.15) is 11.5 Å². The van der Waals surface area contributed by atoms with Crippen LogP contribution in [0.15, 0.2) is 36.5 Å². The van der Waals surface area contributed by atoms with E-state index in [1.165, 1.54) is 23.0 Å². The summed E-state index contributed by atoms with van der Waals surface area (Å²) in [5, 5.41) is 15.8. The van der Waals surface area contributed by atoms with E-state index < -0.39 is 23.2 Å². The standard InChI is InChI=1S/C16H16FN3O3/c17-11-4-1-2-5-13(11)20-9-6-12(19-20)15(23)18-16(7-3-8-16)10-14(21)22/h1-2,4-6,9H,3,7-8,10H2,(H,18,23)(H,21,22). The van der Waals surface area contributed by atoms with E-state index in [1.54, 1.807) is 18.2 Å². The van der Waals surface area contributed by atoms with Crippen molar-refractivity contribution in [2.45, 2.75) is 31.2 Å². The minimum atomic E-state index is -0.943. The molecule has 0 bridgehead atoms. The number of amides is 1. The fourth-order valence-electron chi connectivity index (χ4n) is 2.76. The number of benzene rings is 1. The van der Waals surface area contributed by atoms with Crippen molar-refractivity contribution in [1.82, 2.24) is 15.1 Å². The largest absolute Gasteiger partial charge is 0.481 e. The Hall–Kier alpha value is -2.70. The molecule has 1 aromatic heterocycles. The molecule has 1 aliphatic carbocycles. The van der Waals surface area contributed by atoms with Gasteiger partial charge in [-0.25, -0.2) is 9.07 Å². The first kappa shape index (κ1) is 15.2. The molecular weight excluding hydrogens is 301 g/mol. The van der Waals surface area contributed by atoms with Crippen LogP contribution in [0.5, 0.6) is 0 Å². The highest BCUT2D eigenvalue weighted by atomic mass is 19.1. The van der Waals surface area contributed by atoms with Crippen molar-refractivity contribution in [1.29, 1.82) is 0 Å². The summed E-state index contributed by atoms with van der Waals surface area (Å²) in [6.45, 7) is 0. The molecule has 2 aromatic rings. The lowest BCUT2D eigenvalue weighted by atomic mass is 9.74. The third kappa shape index (κ3) is 3.08. The average molecular weight is 317 g/mol. The predicted molar refractivity (Wildman–Crippen MR) is 79.8 cm³/mol. The number of nitrogens with one attached hydrogen (secondary N) is 1. The number of hydrogen-bond acceptors (Lipinski definition) is 3. The first-order valence-electron chi connectivity index (χ1n) is 7.34. The Kier molecular flexibility index (Phi) is 3.85. The molecule has 1 saturated carbocycles. The van der Waals surface area contributed by atoms with E-state index in [9.17, 15) is 14.0 Å². The van der Waals surface area contributed by atoms with E-state index in [2.05, 4.69) is 10.4 Å². The second-order valence-electron chi connectivity index (χ2n) is 5.76. The number of rotatable bonds is 5. The Morgan fingerprint density at radius 2 is 2.04 bits per heavy atom. The predicted octanol–water partition coefficient (Wildman–Crippen LogP) is 2.14. The van der Waals surface area contributed by atoms with Crippen LogP contribution in [0.4, 0.5) is 4.39 Å². The summed E-state index contributed by atoms with van der Waals surface area (Å²) in [4.78, 5) is 23.2. The molecule has 2 N–H and O–H groups in total. The molecule has 0 unspecified atom stereocenters. The number of carbonyl (C=O) groups excluding carboxylic acids is 1.